The van der Waals surface area contributed by atoms with Gasteiger partial charge in [0.2, 0.25) is 0 Å². The zero-order chi connectivity index (χ0) is 22.6. The number of hydrogen-bond donors (Lipinski definition) is 1. The molecule has 0 saturated carbocycles. The van der Waals surface area contributed by atoms with E-state index >= 15 is 0 Å². The van der Waals surface area contributed by atoms with E-state index in [1.807, 2.05) is 25.2 Å². The molecule has 6 heteroatoms. The minimum Gasteiger partial charge on any atom is -0.382 e. The van der Waals surface area contributed by atoms with Gasteiger partial charge in [0.1, 0.15) is 12.7 Å². The van der Waals surface area contributed by atoms with Crippen LogP contribution in [0.2, 0.25) is 0 Å². The second kappa shape index (κ2) is 9.25. The molecule has 0 amide bonds. The lowest BCUT2D eigenvalue weighted by Crippen LogP contribution is -2.19. The molecular weight excluding hydrogens is 386 g/mol. The molecule has 0 spiro atoms. The van der Waals surface area contributed by atoms with Crippen molar-refractivity contribution in [1.82, 2.24) is 19.5 Å². The summed E-state index contributed by atoms with van der Waals surface area (Å²) >= 11 is 0. The summed E-state index contributed by atoms with van der Waals surface area (Å²) in [5, 5.41) is 0. The number of aromatic nitrogens is 4. The summed E-state index contributed by atoms with van der Waals surface area (Å²) in [5.74, 6) is 0.0266. The molecule has 162 valence electrons. The normalized spacial score (nSPS) is 18.0. The first kappa shape index (κ1) is 22.4. The average molecular weight is 418 g/mol. The average Bonchev–Trinajstić information content (AvgIpc) is 3.12. The van der Waals surface area contributed by atoms with Gasteiger partial charge in [-0.3, -0.25) is 4.79 Å². The van der Waals surface area contributed by atoms with E-state index in [0.717, 1.165) is 11.1 Å². The van der Waals surface area contributed by atoms with E-state index < -0.39 is 0 Å². The van der Waals surface area contributed by atoms with Gasteiger partial charge in [0.15, 0.2) is 17.0 Å². The minimum atomic E-state index is -0.231. The highest BCUT2D eigenvalue weighted by molar-refractivity contribution is 5.97. The maximum Gasteiger partial charge on any atom is 0.257 e. The Bertz CT molecular complexity index is 1140. The van der Waals surface area contributed by atoms with Crippen LogP contribution in [0.25, 0.3) is 11.2 Å². The van der Waals surface area contributed by atoms with Crippen LogP contribution in [-0.2, 0) is 0 Å². The molecule has 0 atom stereocenters. The smallest absolute Gasteiger partial charge is 0.257 e. The number of rotatable bonds is 5. The van der Waals surface area contributed by atoms with Crippen LogP contribution >= 0.6 is 0 Å². The first-order valence-electron chi connectivity index (χ1n) is 10.6. The van der Waals surface area contributed by atoms with Crippen molar-refractivity contribution in [1.29, 1.82) is 0 Å². The number of nitrogens with two attached hydrogens (primary N) is 1. The van der Waals surface area contributed by atoms with Gasteiger partial charge in [-0.05, 0) is 56.6 Å². The molecule has 1 aliphatic rings. The quantitative estimate of drug-likeness (QED) is 0.507. The van der Waals surface area contributed by atoms with Gasteiger partial charge in [-0.25, -0.2) is 19.5 Å². The van der Waals surface area contributed by atoms with Gasteiger partial charge in [-0.2, -0.15) is 0 Å². The molecule has 0 saturated heterocycles. The molecule has 2 aromatic rings. The Morgan fingerprint density at radius 2 is 1.94 bits per heavy atom. The summed E-state index contributed by atoms with van der Waals surface area (Å²) in [5.41, 5.74) is 11.8. The number of hydrogen-bond acceptors (Lipinski definition) is 5. The Balaban J connectivity index is 1.69. The SMILES string of the molecule is CC1=C(/C=C/C(C)=C/C=C/C(C)=C/C(=O)n2cnc3c(N)ncnc32)C(C)(C)CCC1. The van der Waals surface area contributed by atoms with Crippen LogP contribution in [0.5, 0.6) is 0 Å². The molecule has 0 aromatic carbocycles. The maximum atomic E-state index is 12.6. The molecule has 6 nitrogen and oxygen atoms in total. The molecule has 3 rings (SSSR count). The maximum absolute atomic E-state index is 12.6. The lowest BCUT2D eigenvalue weighted by molar-refractivity contribution is 0.0972. The zero-order valence-electron chi connectivity index (χ0n) is 19.0. The molecule has 0 bridgehead atoms. The number of carbonyl (C=O) groups is 1. The number of allylic oxidation sites excluding steroid dienone is 10. The van der Waals surface area contributed by atoms with Crippen molar-refractivity contribution < 1.29 is 4.79 Å². The van der Waals surface area contributed by atoms with Crippen molar-refractivity contribution in [2.24, 2.45) is 5.41 Å². The highest BCUT2D eigenvalue weighted by atomic mass is 16.2. The van der Waals surface area contributed by atoms with E-state index in [1.165, 1.54) is 47.6 Å². The van der Waals surface area contributed by atoms with Crippen LogP contribution in [0.4, 0.5) is 5.82 Å². The minimum absolute atomic E-state index is 0.231. The molecule has 0 aliphatic heterocycles. The fourth-order valence-electron chi connectivity index (χ4n) is 3.96. The highest BCUT2D eigenvalue weighted by Gasteiger charge is 2.26. The Labute approximate surface area is 184 Å². The highest BCUT2D eigenvalue weighted by Crippen LogP contribution is 2.40. The third-order valence-corrected chi connectivity index (χ3v) is 5.72. The van der Waals surface area contributed by atoms with E-state index in [9.17, 15) is 4.79 Å². The predicted octanol–water partition coefficient (Wildman–Crippen LogP) is 5.58. The van der Waals surface area contributed by atoms with Crippen molar-refractivity contribution >= 4 is 22.9 Å². The second-order valence-corrected chi connectivity index (χ2v) is 8.81. The zero-order valence-corrected chi connectivity index (χ0v) is 19.0. The third kappa shape index (κ3) is 5.26. The lowest BCUT2D eigenvalue weighted by Gasteiger charge is -2.32. The van der Waals surface area contributed by atoms with Crippen molar-refractivity contribution in [2.75, 3.05) is 5.73 Å². The summed E-state index contributed by atoms with van der Waals surface area (Å²) in [7, 11) is 0. The number of fused-ring (bicyclic) bond motifs is 1. The summed E-state index contributed by atoms with van der Waals surface area (Å²) < 4.78 is 1.37. The molecule has 0 unspecified atom stereocenters. The Kier molecular flexibility index (Phi) is 6.68. The van der Waals surface area contributed by atoms with Crippen molar-refractivity contribution in [3.8, 4) is 0 Å². The molecular formula is C25H31N5O. The Morgan fingerprint density at radius 3 is 2.68 bits per heavy atom. The topological polar surface area (TPSA) is 86.7 Å². The summed E-state index contributed by atoms with van der Waals surface area (Å²) in [6, 6.07) is 0. The fourth-order valence-corrected chi connectivity index (χ4v) is 3.96. The second-order valence-electron chi connectivity index (χ2n) is 8.81. The van der Waals surface area contributed by atoms with Gasteiger partial charge in [-0.1, -0.05) is 55.4 Å². The standard InChI is InChI=1S/C25H31N5O/c1-17(11-12-20-19(3)10-7-13-25(20,4)5)8-6-9-18(2)14-21(31)30-16-29-22-23(26)27-15-28-24(22)30/h6,8-9,11-12,14-16H,7,10,13H2,1-5H3,(H2,26,27,28)/b9-6+,12-11+,17-8+,18-14+. The molecule has 2 aromatic heterocycles. The van der Waals surface area contributed by atoms with Gasteiger partial charge in [0.05, 0.1) is 0 Å². The number of nitrogen functional groups attached to an aromatic ring is 1. The summed E-state index contributed by atoms with van der Waals surface area (Å²) in [6.45, 7) is 10.9. The van der Waals surface area contributed by atoms with E-state index in [2.05, 4.69) is 54.8 Å². The number of imidazole rings is 1. The van der Waals surface area contributed by atoms with Crippen LogP contribution < -0.4 is 5.73 Å². The number of carbonyl (C=O) groups excluding carboxylic acids is 1. The lowest BCUT2D eigenvalue weighted by atomic mass is 9.72. The molecule has 0 fully saturated rings. The van der Waals surface area contributed by atoms with E-state index in [4.69, 9.17) is 5.73 Å². The van der Waals surface area contributed by atoms with Crippen LogP contribution in [0.1, 0.15) is 58.7 Å². The van der Waals surface area contributed by atoms with Gasteiger partial charge < -0.3 is 5.73 Å². The largest absolute Gasteiger partial charge is 0.382 e. The number of anilines is 1. The molecule has 1 aliphatic carbocycles. The predicted molar refractivity (Wildman–Crippen MR) is 126 cm³/mol. The molecule has 31 heavy (non-hydrogen) atoms. The first-order chi connectivity index (χ1) is 14.7. The van der Waals surface area contributed by atoms with Crippen molar-refractivity contribution in [2.45, 2.75) is 53.9 Å². The van der Waals surface area contributed by atoms with E-state index in [1.54, 1.807) is 6.08 Å². The van der Waals surface area contributed by atoms with Gasteiger partial charge >= 0.3 is 0 Å². The third-order valence-electron chi connectivity index (χ3n) is 5.72. The first-order valence-corrected chi connectivity index (χ1v) is 10.6. The number of nitrogens with zero attached hydrogens (tertiary/aromatic N) is 4. The molecule has 2 N–H and O–H groups in total. The van der Waals surface area contributed by atoms with Crippen LogP contribution in [0, 0.1) is 5.41 Å². The van der Waals surface area contributed by atoms with Crippen LogP contribution in [0.3, 0.4) is 0 Å². The monoisotopic (exact) mass is 417 g/mol. The summed E-state index contributed by atoms with van der Waals surface area (Å²) in [6.07, 6.45) is 18.3. The van der Waals surface area contributed by atoms with Crippen molar-refractivity contribution in [3.05, 3.63) is 71.4 Å². The van der Waals surface area contributed by atoms with E-state index in [-0.39, 0.29) is 17.1 Å². The molecule has 0 radical (unpaired) electrons. The van der Waals surface area contributed by atoms with Crippen molar-refractivity contribution in [3.63, 3.8) is 0 Å². The Hall–Kier alpha value is -3.28. The van der Waals surface area contributed by atoms with Gasteiger partial charge in [0.25, 0.3) is 5.91 Å². The van der Waals surface area contributed by atoms with Gasteiger partial charge in [0, 0.05) is 6.08 Å². The fraction of sp³-hybridized carbons (Fsp3) is 0.360. The molecule has 2 heterocycles. The van der Waals surface area contributed by atoms with Crippen LogP contribution in [-0.4, -0.2) is 25.4 Å². The van der Waals surface area contributed by atoms with Crippen LogP contribution in [0.15, 0.2) is 71.4 Å². The Morgan fingerprint density at radius 1 is 1.16 bits per heavy atom. The van der Waals surface area contributed by atoms with Gasteiger partial charge in [-0.15, -0.1) is 0 Å². The van der Waals surface area contributed by atoms with E-state index in [0.29, 0.717) is 11.2 Å². The summed E-state index contributed by atoms with van der Waals surface area (Å²) in [4.78, 5) is 24.7.